The van der Waals surface area contributed by atoms with Crippen molar-refractivity contribution in [2.24, 2.45) is 5.73 Å². The van der Waals surface area contributed by atoms with Gasteiger partial charge in [0.2, 0.25) is 11.8 Å². The number of hydrogen-bond acceptors (Lipinski definition) is 7. The summed E-state index contributed by atoms with van der Waals surface area (Å²) in [6.07, 6.45) is 2.24. The van der Waals surface area contributed by atoms with Crippen molar-refractivity contribution in [1.82, 2.24) is 20.1 Å². The first-order chi connectivity index (χ1) is 14.9. The zero-order valence-corrected chi connectivity index (χ0v) is 17.7. The van der Waals surface area contributed by atoms with Gasteiger partial charge < -0.3 is 25.1 Å². The van der Waals surface area contributed by atoms with Crippen molar-refractivity contribution in [3.05, 3.63) is 29.6 Å². The van der Waals surface area contributed by atoms with Crippen LogP contribution in [0.2, 0.25) is 0 Å². The van der Waals surface area contributed by atoms with E-state index < -0.39 is 12.5 Å². The standard InChI is InChI=1S/C19H23F2N5O4S/c1-29-14-8-11(2-5-13(14)30-18(20)21)9-23-16(28)10-31-19-25-24-17(12-3-4-12)26(19)7-6-15(22)27/h2,5,8,12,18H,3-4,6-7,9-10H2,1H3,(H2,22,27)(H,23,28). The molecule has 1 aromatic carbocycles. The fourth-order valence-electron chi connectivity index (χ4n) is 2.88. The number of thioether (sulfide) groups is 1. The van der Waals surface area contributed by atoms with E-state index in [2.05, 4.69) is 20.3 Å². The molecule has 1 aromatic heterocycles. The van der Waals surface area contributed by atoms with E-state index in [1.54, 1.807) is 6.07 Å². The predicted octanol–water partition coefficient (Wildman–Crippen LogP) is 2.05. The lowest BCUT2D eigenvalue weighted by molar-refractivity contribution is -0.119. The van der Waals surface area contributed by atoms with E-state index in [-0.39, 0.29) is 36.1 Å². The van der Waals surface area contributed by atoms with Crippen LogP contribution in [-0.2, 0) is 22.7 Å². The summed E-state index contributed by atoms with van der Waals surface area (Å²) in [5, 5.41) is 11.7. The maximum atomic E-state index is 12.4. The lowest BCUT2D eigenvalue weighted by Crippen LogP contribution is -2.25. The number of amides is 2. The van der Waals surface area contributed by atoms with Crippen LogP contribution in [0.4, 0.5) is 8.78 Å². The summed E-state index contributed by atoms with van der Waals surface area (Å²) in [5.74, 6) is 0.682. The number of nitrogens with one attached hydrogen (secondary N) is 1. The summed E-state index contributed by atoms with van der Waals surface area (Å²) < 4.78 is 36.1. The highest BCUT2D eigenvalue weighted by Gasteiger charge is 2.30. The Morgan fingerprint density at radius 3 is 2.74 bits per heavy atom. The Labute approximate surface area is 181 Å². The number of rotatable bonds is 12. The van der Waals surface area contributed by atoms with Gasteiger partial charge >= 0.3 is 6.61 Å². The molecule has 31 heavy (non-hydrogen) atoms. The van der Waals surface area contributed by atoms with Gasteiger partial charge in [0.15, 0.2) is 16.7 Å². The number of nitrogens with two attached hydrogens (primary N) is 1. The first-order valence-electron chi connectivity index (χ1n) is 9.60. The lowest BCUT2D eigenvalue weighted by Gasteiger charge is -2.12. The Balaban J connectivity index is 1.54. The van der Waals surface area contributed by atoms with Gasteiger partial charge in [-0.2, -0.15) is 8.78 Å². The Morgan fingerprint density at radius 2 is 2.10 bits per heavy atom. The van der Waals surface area contributed by atoms with Crippen LogP contribution < -0.4 is 20.5 Å². The third kappa shape index (κ3) is 6.54. The summed E-state index contributed by atoms with van der Waals surface area (Å²) >= 11 is 1.22. The van der Waals surface area contributed by atoms with Gasteiger partial charge in [0.1, 0.15) is 5.82 Å². The average molecular weight is 455 g/mol. The molecule has 1 fully saturated rings. The number of aromatic nitrogens is 3. The average Bonchev–Trinajstić information content (AvgIpc) is 3.49. The number of benzene rings is 1. The number of carbonyl (C=O) groups excluding carboxylic acids is 2. The molecule has 0 spiro atoms. The Morgan fingerprint density at radius 1 is 1.32 bits per heavy atom. The molecular formula is C19H23F2N5O4S. The van der Waals surface area contributed by atoms with Gasteiger partial charge in [0, 0.05) is 25.4 Å². The van der Waals surface area contributed by atoms with E-state index in [1.165, 1.54) is 31.0 Å². The van der Waals surface area contributed by atoms with Crippen molar-refractivity contribution >= 4 is 23.6 Å². The molecule has 3 rings (SSSR count). The van der Waals surface area contributed by atoms with Crippen molar-refractivity contribution in [2.45, 2.75) is 50.0 Å². The molecular weight excluding hydrogens is 432 g/mol. The van der Waals surface area contributed by atoms with Crippen LogP contribution in [0.15, 0.2) is 23.4 Å². The summed E-state index contributed by atoms with van der Waals surface area (Å²) in [6.45, 7) is -2.39. The largest absolute Gasteiger partial charge is 0.493 e. The summed E-state index contributed by atoms with van der Waals surface area (Å²) in [5.41, 5.74) is 5.92. The second-order valence-corrected chi connectivity index (χ2v) is 7.85. The molecule has 2 aromatic rings. The third-order valence-corrected chi connectivity index (χ3v) is 5.50. The first kappa shape index (κ1) is 22.8. The number of hydrogen-bond donors (Lipinski definition) is 2. The van der Waals surface area contributed by atoms with Crippen molar-refractivity contribution in [3.63, 3.8) is 0 Å². The summed E-state index contributed by atoms with van der Waals surface area (Å²) in [7, 11) is 1.34. The predicted molar refractivity (Wildman–Crippen MR) is 108 cm³/mol. The molecule has 2 amide bonds. The molecule has 1 heterocycles. The first-order valence-corrected chi connectivity index (χ1v) is 10.6. The van der Waals surface area contributed by atoms with Gasteiger partial charge in [-0.15, -0.1) is 10.2 Å². The second kappa shape index (κ2) is 10.4. The SMILES string of the molecule is COc1cc(CNC(=O)CSc2nnc(C3CC3)n2CCC(N)=O)ccc1OC(F)F. The van der Waals surface area contributed by atoms with E-state index in [1.807, 2.05) is 4.57 Å². The Bertz CT molecular complexity index is 936. The van der Waals surface area contributed by atoms with E-state index in [0.29, 0.717) is 23.2 Å². The highest BCUT2D eigenvalue weighted by atomic mass is 32.2. The molecule has 0 atom stereocenters. The quantitative estimate of drug-likeness (QED) is 0.470. The molecule has 12 heteroatoms. The van der Waals surface area contributed by atoms with Crippen LogP contribution in [-0.4, -0.2) is 46.1 Å². The van der Waals surface area contributed by atoms with E-state index in [0.717, 1.165) is 18.7 Å². The van der Waals surface area contributed by atoms with Crippen LogP contribution in [0.1, 0.15) is 36.6 Å². The van der Waals surface area contributed by atoms with Crippen LogP contribution in [0.3, 0.4) is 0 Å². The number of carbonyl (C=O) groups is 2. The summed E-state index contributed by atoms with van der Waals surface area (Å²) in [4.78, 5) is 23.4. The van der Waals surface area contributed by atoms with Gasteiger partial charge in [-0.05, 0) is 30.5 Å². The number of primary amides is 1. The van der Waals surface area contributed by atoms with Crippen molar-refractivity contribution in [3.8, 4) is 11.5 Å². The molecule has 0 radical (unpaired) electrons. The van der Waals surface area contributed by atoms with Crippen molar-refractivity contribution in [2.75, 3.05) is 12.9 Å². The van der Waals surface area contributed by atoms with Crippen LogP contribution in [0.25, 0.3) is 0 Å². The van der Waals surface area contributed by atoms with E-state index >= 15 is 0 Å². The molecule has 3 N–H and O–H groups in total. The van der Waals surface area contributed by atoms with Crippen molar-refractivity contribution in [1.29, 1.82) is 0 Å². The summed E-state index contributed by atoms with van der Waals surface area (Å²) in [6, 6.07) is 4.45. The molecule has 1 aliphatic rings. The van der Waals surface area contributed by atoms with E-state index in [4.69, 9.17) is 10.5 Å². The molecule has 0 aliphatic heterocycles. The molecule has 0 saturated heterocycles. The van der Waals surface area contributed by atoms with Gasteiger partial charge in [-0.3, -0.25) is 9.59 Å². The molecule has 168 valence electrons. The van der Waals surface area contributed by atoms with Gasteiger partial charge in [0.25, 0.3) is 0 Å². The zero-order chi connectivity index (χ0) is 22.4. The number of halogens is 2. The molecule has 1 saturated carbocycles. The Hall–Kier alpha value is -2.89. The number of alkyl halides is 2. The smallest absolute Gasteiger partial charge is 0.387 e. The fourth-order valence-corrected chi connectivity index (χ4v) is 3.68. The second-order valence-electron chi connectivity index (χ2n) is 6.91. The highest BCUT2D eigenvalue weighted by molar-refractivity contribution is 7.99. The molecule has 1 aliphatic carbocycles. The van der Waals surface area contributed by atoms with Gasteiger partial charge in [-0.1, -0.05) is 17.8 Å². The number of methoxy groups -OCH3 is 1. The molecule has 0 unspecified atom stereocenters. The van der Waals surface area contributed by atoms with Crippen molar-refractivity contribution < 1.29 is 27.8 Å². The maximum Gasteiger partial charge on any atom is 0.387 e. The van der Waals surface area contributed by atoms with Gasteiger partial charge in [-0.25, -0.2) is 0 Å². The highest BCUT2D eigenvalue weighted by Crippen LogP contribution is 2.40. The number of nitrogens with zero attached hydrogens (tertiary/aromatic N) is 3. The minimum absolute atomic E-state index is 0.0788. The minimum atomic E-state index is -2.96. The topological polar surface area (TPSA) is 121 Å². The van der Waals surface area contributed by atoms with Crippen LogP contribution >= 0.6 is 11.8 Å². The van der Waals surface area contributed by atoms with Gasteiger partial charge in [0.05, 0.1) is 12.9 Å². The Kier molecular flexibility index (Phi) is 7.66. The zero-order valence-electron chi connectivity index (χ0n) is 16.8. The molecule has 0 bridgehead atoms. The number of ether oxygens (including phenoxy) is 2. The molecule has 9 nitrogen and oxygen atoms in total. The van der Waals surface area contributed by atoms with Crippen LogP contribution in [0, 0.1) is 0 Å². The third-order valence-electron chi connectivity index (χ3n) is 4.54. The normalized spacial score (nSPS) is 13.3. The monoisotopic (exact) mass is 455 g/mol. The van der Waals surface area contributed by atoms with E-state index in [9.17, 15) is 18.4 Å². The minimum Gasteiger partial charge on any atom is -0.493 e. The fraction of sp³-hybridized carbons (Fsp3) is 0.474. The van der Waals surface area contributed by atoms with Crippen LogP contribution in [0.5, 0.6) is 11.5 Å². The lowest BCUT2D eigenvalue weighted by atomic mass is 10.2. The maximum absolute atomic E-state index is 12.4.